The predicted molar refractivity (Wildman–Crippen MR) is 150 cm³/mol. The SMILES string of the molecule is Cc1ccnc(-n2c3ccccc3c3ccc(-c4cccc(C(C)(C)c5cc(C(F)(F)F)ccn5)c4)cc32)c1. The highest BCUT2D eigenvalue weighted by molar-refractivity contribution is 6.10. The van der Waals surface area contributed by atoms with Crippen LogP contribution in [-0.4, -0.2) is 14.5 Å². The maximum atomic E-state index is 13.4. The van der Waals surface area contributed by atoms with Crippen LogP contribution >= 0.6 is 0 Å². The number of aryl methyl sites for hydroxylation is 1. The number of rotatable bonds is 4. The smallest absolute Gasteiger partial charge is 0.294 e. The van der Waals surface area contributed by atoms with Crippen LogP contribution in [0, 0.1) is 6.92 Å². The zero-order valence-corrected chi connectivity index (χ0v) is 21.8. The van der Waals surface area contributed by atoms with Gasteiger partial charge >= 0.3 is 6.18 Å². The number of fused-ring (bicyclic) bond motifs is 3. The number of benzene rings is 3. The number of aromatic nitrogens is 3. The molecule has 0 saturated carbocycles. The fourth-order valence-corrected chi connectivity index (χ4v) is 5.22. The first kappa shape index (κ1) is 24.9. The van der Waals surface area contributed by atoms with Crippen molar-refractivity contribution in [3.8, 4) is 16.9 Å². The van der Waals surface area contributed by atoms with Gasteiger partial charge in [-0.15, -0.1) is 0 Å². The molecule has 0 unspecified atom stereocenters. The number of nitrogens with zero attached hydrogens (tertiary/aromatic N) is 3. The lowest BCUT2D eigenvalue weighted by Gasteiger charge is -2.26. The second kappa shape index (κ2) is 9.09. The molecule has 6 aromatic rings. The molecule has 39 heavy (non-hydrogen) atoms. The van der Waals surface area contributed by atoms with Crippen molar-refractivity contribution < 1.29 is 13.2 Å². The minimum Gasteiger partial charge on any atom is -0.294 e. The summed E-state index contributed by atoms with van der Waals surface area (Å²) in [6, 6.07) is 28.8. The Morgan fingerprint density at radius 3 is 2.18 bits per heavy atom. The molecule has 0 radical (unpaired) electrons. The molecule has 0 amide bonds. The molecule has 194 valence electrons. The predicted octanol–water partition coefficient (Wildman–Crippen LogP) is 8.89. The molecule has 0 N–H and O–H groups in total. The quantitative estimate of drug-likeness (QED) is 0.232. The van der Waals surface area contributed by atoms with Crippen LogP contribution in [0.2, 0.25) is 0 Å². The van der Waals surface area contributed by atoms with Crippen molar-refractivity contribution in [2.24, 2.45) is 0 Å². The van der Waals surface area contributed by atoms with E-state index < -0.39 is 17.2 Å². The molecule has 6 heteroatoms. The van der Waals surface area contributed by atoms with Crippen molar-refractivity contribution in [1.29, 1.82) is 0 Å². The van der Waals surface area contributed by atoms with Crippen molar-refractivity contribution >= 4 is 21.8 Å². The van der Waals surface area contributed by atoms with Crippen molar-refractivity contribution in [3.63, 3.8) is 0 Å². The average molecular weight is 522 g/mol. The van der Waals surface area contributed by atoms with E-state index in [1.54, 1.807) is 0 Å². The van der Waals surface area contributed by atoms with Crippen LogP contribution in [0.25, 0.3) is 38.8 Å². The van der Waals surface area contributed by atoms with Gasteiger partial charge in [0, 0.05) is 28.6 Å². The summed E-state index contributed by atoms with van der Waals surface area (Å²) in [6.07, 6.45) is -1.37. The molecule has 3 nitrogen and oxygen atoms in total. The molecule has 3 aromatic heterocycles. The number of para-hydroxylation sites is 1. The van der Waals surface area contributed by atoms with Crippen LogP contribution in [0.3, 0.4) is 0 Å². The molecular formula is C33H26F3N3. The first-order valence-electron chi connectivity index (χ1n) is 12.7. The van der Waals surface area contributed by atoms with Crippen LogP contribution in [0.1, 0.15) is 36.2 Å². The summed E-state index contributed by atoms with van der Waals surface area (Å²) in [5.41, 5.74) is 5.05. The third kappa shape index (κ3) is 4.36. The van der Waals surface area contributed by atoms with Crippen LogP contribution in [0.5, 0.6) is 0 Å². The fraction of sp³-hybridized carbons (Fsp3) is 0.152. The van der Waals surface area contributed by atoms with Gasteiger partial charge in [0.2, 0.25) is 0 Å². The van der Waals surface area contributed by atoms with E-state index in [0.717, 1.165) is 62.0 Å². The minimum absolute atomic E-state index is 0.371. The molecule has 0 atom stereocenters. The molecule has 0 aliphatic carbocycles. The van der Waals surface area contributed by atoms with Crippen LogP contribution in [0.4, 0.5) is 13.2 Å². The van der Waals surface area contributed by atoms with E-state index in [1.165, 1.54) is 6.20 Å². The first-order valence-corrected chi connectivity index (χ1v) is 12.7. The number of halogens is 3. The third-order valence-corrected chi connectivity index (χ3v) is 7.45. The summed E-state index contributed by atoms with van der Waals surface area (Å²) in [6.45, 7) is 5.86. The molecule has 6 rings (SSSR count). The highest BCUT2D eigenvalue weighted by atomic mass is 19.4. The van der Waals surface area contributed by atoms with E-state index in [9.17, 15) is 13.2 Å². The van der Waals surface area contributed by atoms with Crippen molar-refractivity contribution in [2.45, 2.75) is 32.4 Å². The topological polar surface area (TPSA) is 30.7 Å². The zero-order valence-electron chi connectivity index (χ0n) is 21.8. The second-order valence-corrected chi connectivity index (χ2v) is 10.4. The number of hydrogen-bond donors (Lipinski definition) is 0. The Balaban J connectivity index is 1.49. The van der Waals surface area contributed by atoms with E-state index in [2.05, 4.69) is 57.9 Å². The van der Waals surface area contributed by atoms with Crippen LogP contribution < -0.4 is 0 Å². The van der Waals surface area contributed by atoms with Crippen LogP contribution in [0.15, 0.2) is 103 Å². The second-order valence-electron chi connectivity index (χ2n) is 10.4. The fourth-order valence-electron chi connectivity index (χ4n) is 5.22. The summed E-state index contributed by atoms with van der Waals surface area (Å²) in [4.78, 5) is 8.98. The van der Waals surface area contributed by atoms with Gasteiger partial charge in [-0.2, -0.15) is 13.2 Å². The Labute approximate surface area is 224 Å². The summed E-state index contributed by atoms with van der Waals surface area (Å²) >= 11 is 0. The monoisotopic (exact) mass is 521 g/mol. The number of alkyl halides is 3. The van der Waals surface area contributed by atoms with Gasteiger partial charge < -0.3 is 0 Å². The minimum atomic E-state index is -4.42. The van der Waals surface area contributed by atoms with Crippen molar-refractivity contribution in [1.82, 2.24) is 14.5 Å². The maximum absolute atomic E-state index is 13.4. The van der Waals surface area contributed by atoms with Gasteiger partial charge in [-0.3, -0.25) is 9.55 Å². The highest BCUT2D eigenvalue weighted by Gasteiger charge is 2.33. The van der Waals surface area contributed by atoms with Gasteiger partial charge in [0.05, 0.1) is 22.3 Å². The van der Waals surface area contributed by atoms with E-state index in [1.807, 2.05) is 62.5 Å². The molecule has 0 bridgehead atoms. The molecule has 3 heterocycles. The standard InChI is InChI=1S/C33H26F3N3/c1-21-13-15-38-31(17-21)39-28-10-5-4-9-26(28)27-12-11-23(19-29(27)39)22-7-6-8-24(18-22)32(2,3)30-20-25(14-16-37-30)33(34,35)36/h4-20H,1-3H3. The molecule has 0 fully saturated rings. The largest absolute Gasteiger partial charge is 0.416 e. The highest BCUT2D eigenvalue weighted by Crippen LogP contribution is 2.38. The lowest BCUT2D eigenvalue weighted by Crippen LogP contribution is -2.21. The Morgan fingerprint density at radius 2 is 1.38 bits per heavy atom. The third-order valence-electron chi connectivity index (χ3n) is 7.45. The summed E-state index contributed by atoms with van der Waals surface area (Å²) in [7, 11) is 0. The van der Waals surface area contributed by atoms with E-state index in [0.29, 0.717) is 5.69 Å². The van der Waals surface area contributed by atoms with Gasteiger partial charge in [-0.25, -0.2) is 4.98 Å². The van der Waals surface area contributed by atoms with E-state index in [4.69, 9.17) is 0 Å². The molecule has 0 saturated heterocycles. The van der Waals surface area contributed by atoms with Crippen molar-refractivity contribution in [3.05, 3.63) is 126 Å². The molecule has 0 spiro atoms. The van der Waals surface area contributed by atoms with Gasteiger partial charge in [0.1, 0.15) is 5.82 Å². The lowest BCUT2D eigenvalue weighted by molar-refractivity contribution is -0.137. The van der Waals surface area contributed by atoms with Gasteiger partial charge in [0.25, 0.3) is 0 Å². The van der Waals surface area contributed by atoms with E-state index >= 15 is 0 Å². The van der Waals surface area contributed by atoms with Crippen molar-refractivity contribution in [2.75, 3.05) is 0 Å². The Morgan fingerprint density at radius 1 is 0.641 bits per heavy atom. The van der Waals surface area contributed by atoms with E-state index in [-0.39, 0.29) is 0 Å². The molecule has 3 aromatic carbocycles. The van der Waals surface area contributed by atoms with Gasteiger partial charge in [-0.05, 0) is 65.6 Å². The number of pyridine rings is 2. The molecular weight excluding hydrogens is 495 g/mol. The molecule has 0 aliphatic rings. The summed E-state index contributed by atoms with van der Waals surface area (Å²) < 4.78 is 42.4. The normalized spacial score (nSPS) is 12.4. The Kier molecular flexibility index (Phi) is 5.79. The summed E-state index contributed by atoms with van der Waals surface area (Å²) in [5, 5.41) is 2.27. The van der Waals surface area contributed by atoms with Crippen LogP contribution in [-0.2, 0) is 11.6 Å². The Hall–Kier alpha value is -4.45. The zero-order chi connectivity index (χ0) is 27.4. The average Bonchev–Trinajstić information content (AvgIpc) is 3.26. The summed E-state index contributed by atoms with van der Waals surface area (Å²) in [5.74, 6) is 0.851. The van der Waals surface area contributed by atoms with Gasteiger partial charge in [-0.1, -0.05) is 68.4 Å². The maximum Gasteiger partial charge on any atom is 0.416 e. The first-order chi connectivity index (χ1) is 18.6. The Bertz CT molecular complexity index is 1850. The number of hydrogen-bond acceptors (Lipinski definition) is 2. The van der Waals surface area contributed by atoms with Gasteiger partial charge in [0.15, 0.2) is 0 Å². The molecule has 0 aliphatic heterocycles. The lowest BCUT2D eigenvalue weighted by atomic mass is 9.79.